The van der Waals surface area contributed by atoms with E-state index in [0.717, 1.165) is 27.9 Å². The minimum absolute atomic E-state index is 0.271. The van der Waals surface area contributed by atoms with E-state index in [9.17, 15) is 9.59 Å². The number of imide groups is 1. The average molecular weight is 427 g/mol. The first-order valence-electron chi connectivity index (χ1n) is 10.5. The first-order valence-corrected chi connectivity index (χ1v) is 10.5. The molecule has 0 spiro atoms. The summed E-state index contributed by atoms with van der Waals surface area (Å²) < 4.78 is 5.25. The Hall–Kier alpha value is -3.86. The summed E-state index contributed by atoms with van der Waals surface area (Å²) in [5, 5.41) is 3.27. The first-order chi connectivity index (χ1) is 15.3. The lowest BCUT2D eigenvalue weighted by Crippen LogP contribution is -2.32. The van der Waals surface area contributed by atoms with Crippen LogP contribution in [0.3, 0.4) is 0 Å². The molecule has 0 unspecified atom stereocenters. The van der Waals surface area contributed by atoms with Crippen molar-refractivity contribution in [2.75, 3.05) is 17.3 Å². The summed E-state index contributed by atoms with van der Waals surface area (Å²) in [6.45, 7) is 7.92. The summed E-state index contributed by atoms with van der Waals surface area (Å²) in [4.78, 5) is 28.5. The SMILES string of the molecule is COc1ccc(C2=C(Nc3cccc(C)c3C)C(=O)N(c3cc(C)cc(C)c3)C2=O)cc1. The zero-order valence-electron chi connectivity index (χ0n) is 18.9. The lowest BCUT2D eigenvalue weighted by molar-refractivity contribution is -0.120. The molecule has 5 heteroatoms. The van der Waals surface area contributed by atoms with Crippen LogP contribution >= 0.6 is 0 Å². The summed E-state index contributed by atoms with van der Waals surface area (Å²) in [5.74, 6) is -0.0361. The number of carbonyl (C=O) groups excluding carboxylic acids is 2. The highest BCUT2D eigenvalue weighted by Crippen LogP contribution is 2.35. The van der Waals surface area contributed by atoms with Gasteiger partial charge in [-0.05, 0) is 85.8 Å². The van der Waals surface area contributed by atoms with E-state index in [-0.39, 0.29) is 17.5 Å². The van der Waals surface area contributed by atoms with Crippen LogP contribution in [0, 0.1) is 27.7 Å². The van der Waals surface area contributed by atoms with Gasteiger partial charge in [-0.2, -0.15) is 0 Å². The van der Waals surface area contributed by atoms with Crippen LogP contribution < -0.4 is 15.0 Å². The maximum Gasteiger partial charge on any atom is 0.282 e. The van der Waals surface area contributed by atoms with Gasteiger partial charge in [-0.1, -0.05) is 30.3 Å². The second-order valence-corrected chi connectivity index (χ2v) is 8.14. The molecule has 0 radical (unpaired) electrons. The molecule has 3 aromatic rings. The molecule has 0 aliphatic carbocycles. The van der Waals surface area contributed by atoms with Crippen LogP contribution in [0.25, 0.3) is 5.57 Å². The maximum absolute atomic E-state index is 13.6. The van der Waals surface area contributed by atoms with Gasteiger partial charge in [0.1, 0.15) is 11.4 Å². The molecule has 3 aromatic carbocycles. The molecule has 1 aliphatic rings. The van der Waals surface area contributed by atoms with Crippen molar-refractivity contribution < 1.29 is 14.3 Å². The molecule has 1 N–H and O–H groups in total. The molecule has 0 saturated carbocycles. The minimum Gasteiger partial charge on any atom is -0.497 e. The Morgan fingerprint density at radius 1 is 0.812 bits per heavy atom. The molecule has 0 bridgehead atoms. The fraction of sp³-hybridized carbons (Fsp3) is 0.185. The molecule has 1 heterocycles. The summed E-state index contributed by atoms with van der Waals surface area (Å²) >= 11 is 0. The number of methoxy groups -OCH3 is 1. The third-order valence-electron chi connectivity index (χ3n) is 5.79. The Kier molecular flexibility index (Phi) is 5.57. The zero-order chi connectivity index (χ0) is 23.0. The number of benzene rings is 3. The third kappa shape index (κ3) is 3.78. The highest BCUT2D eigenvalue weighted by Gasteiger charge is 2.40. The van der Waals surface area contributed by atoms with Crippen LogP contribution in [0.1, 0.15) is 27.8 Å². The van der Waals surface area contributed by atoms with Crippen LogP contribution in [0.5, 0.6) is 5.75 Å². The van der Waals surface area contributed by atoms with Gasteiger partial charge in [0.2, 0.25) is 0 Å². The van der Waals surface area contributed by atoms with Crippen molar-refractivity contribution >= 4 is 28.8 Å². The van der Waals surface area contributed by atoms with Gasteiger partial charge in [0.05, 0.1) is 18.4 Å². The molecule has 5 nitrogen and oxygen atoms in total. The molecule has 0 saturated heterocycles. The van der Waals surface area contributed by atoms with Gasteiger partial charge in [0.25, 0.3) is 11.8 Å². The van der Waals surface area contributed by atoms with Crippen LogP contribution in [0.4, 0.5) is 11.4 Å². The Labute approximate surface area is 188 Å². The molecule has 0 aromatic heterocycles. The largest absolute Gasteiger partial charge is 0.497 e. The van der Waals surface area contributed by atoms with Crippen LogP contribution in [0.15, 0.2) is 66.4 Å². The topological polar surface area (TPSA) is 58.6 Å². The summed E-state index contributed by atoms with van der Waals surface area (Å²) in [7, 11) is 1.59. The number of rotatable bonds is 5. The minimum atomic E-state index is -0.369. The van der Waals surface area contributed by atoms with Gasteiger partial charge >= 0.3 is 0 Å². The number of anilines is 2. The second kappa shape index (κ2) is 8.35. The number of carbonyl (C=O) groups is 2. The summed E-state index contributed by atoms with van der Waals surface area (Å²) in [6.07, 6.45) is 0. The number of amides is 2. The monoisotopic (exact) mass is 426 g/mol. The molecular formula is C27H26N2O3. The Bertz CT molecular complexity index is 1240. The molecule has 162 valence electrons. The lowest BCUT2D eigenvalue weighted by atomic mass is 10.0. The Morgan fingerprint density at radius 2 is 1.47 bits per heavy atom. The van der Waals surface area contributed by atoms with Crippen molar-refractivity contribution in [2.24, 2.45) is 0 Å². The predicted octanol–water partition coefficient (Wildman–Crippen LogP) is 5.33. The molecule has 4 rings (SSSR count). The van der Waals surface area contributed by atoms with Gasteiger partial charge in [-0.25, -0.2) is 4.90 Å². The van der Waals surface area contributed by atoms with E-state index in [1.165, 1.54) is 4.90 Å². The number of aryl methyl sites for hydroxylation is 3. The third-order valence-corrected chi connectivity index (χ3v) is 5.79. The normalized spacial score (nSPS) is 13.7. The molecule has 0 fully saturated rings. The van der Waals surface area contributed by atoms with Crippen LogP contribution in [0.2, 0.25) is 0 Å². The van der Waals surface area contributed by atoms with Gasteiger partial charge in [-0.15, -0.1) is 0 Å². The van der Waals surface area contributed by atoms with E-state index in [0.29, 0.717) is 22.6 Å². The van der Waals surface area contributed by atoms with Gasteiger partial charge in [0, 0.05) is 5.69 Å². The lowest BCUT2D eigenvalue weighted by Gasteiger charge is -2.17. The van der Waals surface area contributed by atoms with Crippen molar-refractivity contribution in [3.8, 4) is 5.75 Å². The van der Waals surface area contributed by atoms with Gasteiger partial charge in [-0.3, -0.25) is 9.59 Å². The molecule has 32 heavy (non-hydrogen) atoms. The average Bonchev–Trinajstić information content (AvgIpc) is 3.00. The first kappa shape index (κ1) is 21.4. The van der Waals surface area contributed by atoms with Crippen molar-refractivity contribution in [3.05, 3.63) is 94.2 Å². The summed E-state index contributed by atoms with van der Waals surface area (Å²) in [6, 6.07) is 18.8. The number of hydrogen-bond acceptors (Lipinski definition) is 4. The highest BCUT2D eigenvalue weighted by molar-refractivity contribution is 6.46. The summed E-state index contributed by atoms with van der Waals surface area (Å²) in [5.41, 5.74) is 6.75. The van der Waals surface area contributed by atoms with Crippen LogP contribution in [-0.4, -0.2) is 18.9 Å². The smallest absolute Gasteiger partial charge is 0.282 e. The fourth-order valence-electron chi connectivity index (χ4n) is 4.01. The van der Waals surface area contributed by atoms with Crippen LogP contribution in [-0.2, 0) is 9.59 Å². The quantitative estimate of drug-likeness (QED) is 0.561. The van der Waals surface area contributed by atoms with Crippen molar-refractivity contribution in [3.63, 3.8) is 0 Å². The van der Waals surface area contributed by atoms with Crippen molar-refractivity contribution in [1.29, 1.82) is 0 Å². The molecule has 1 aliphatic heterocycles. The second-order valence-electron chi connectivity index (χ2n) is 8.14. The van der Waals surface area contributed by atoms with E-state index in [2.05, 4.69) is 5.32 Å². The number of nitrogens with one attached hydrogen (secondary N) is 1. The van der Waals surface area contributed by atoms with E-state index in [1.54, 1.807) is 31.4 Å². The number of nitrogens with zero attached hydrogens (tertiary/aromatic N) is 1. The van der Waals surface area contributed by atoms with Gasteiger partial charge in [0.15, 0.2) is 0 Å². The van der Waals surface area contributed by atoms with Crippen molar-refractivity contribution in [1.82, 2.24) is 0 Å². The van der Waals surface area contributed by atoms with E-state index >= 15 is 0 Å². The molecule has 0 atom stereocenters. The molecular weight excluding hydrogens is 400 g/mol. The van der Waals surface area contributed by atoms with E-state index < -0.39 is 0 Å². The van der Waals surface area contributed by atoms with Crippen molar-refractivity contribution in [2.45, 2.75) is 27.7 Å². The Balaban J connectivity index is 1.86. The zero-order valence-corrected chi connectivity index (χ0v) is 18.9. The maximum atomic E-state index is 13.6. The van der Waals surface area contributed by atoms with E-state index in [1.807, 2.05) is 64.1 Å². The standard InChI is InChI=1S/C27H26N2O3/c1-16-13-17(2)15-21(14-16)29-26(30)24(20-9-11-22(32-5)12-10-20)25(27(29)31)28-23-8-6-7-18(3)19(23)4/h6-15,28H,1-5H3. The predicted molar refractivity (Wildman–Crippen MR) is 128 cm³/mol. The molecule has 2 amide bonds. The fourth-order valence-corrected chi connectivity index (χ4v) is 4.01. The highest BCUT2D eigenvalue weighted by atomic mass is 16.5. The number of hydrogen-bond donors (Lipinski definition) is 1. The van der Waals surface area contributed by atoms with E-state index in [4.69, 9.17) is 4.74 Å². The Morgan fingerprint density at radius 3 is 2.09 bits per heavy atom. The number of ether oxygens (including phenoxy) is 1. The van der Waals surface area contributed by atoms with Gasteiger partial charge < -0.3 is 10.1 Å².